The minimum absolute atomic E-state index is 0.0705. The van der Waals surface area contributed by atoms with E-state index in [4.69, 9.17) is 4.52 Å². The third-order valence-electron chi connectivity index (χ3n) is 5.73. The Labute approximate surface area is 193 Å². The molecular weight excluding hydrogens is 418 g/mol. The molecule has 1 atom stereocenters. The van der Waals surface area contributed by atoms with E-state index in [1.807, 2.05) is 60.7 Å². The van der Waals surface area contributed by atoms with Crippen LogP contribution in [0.4, 0.5) is 4.79 Å². The van der Waals surface area contributed by atoms with Gasteiger partial charge in [-0.25, -0.2) is 4.79 Å². The Balaban J connectivity index is 1.23. The molecule has 1 aliphatic rings. The molecule has 1 aromatic heterocycles. The molecule has 0 saturated carbocycles. The SMILES string of the molecule is O=C(CCc1nc(C2CCCN2C(=O)NCCc2ccccc2)no1)NCc1ccccc1. The number of rotatable bonds is 9. The molecule has 3 amide bonds. The lowest BCUT2D eigenvalue weighted by Crippen LogP contribution is -2.40. The van der Waals surface area contributed by atoms with Crippen LogP contribution in [0.15, 0.2) is 65.2 Å². The molecule has 0 spiro atoms. The first-order valence-corrected chi connectivity index (χ1v) is 11.4. The number of likely N-dealkylation sites (tertiary alicyclic amines) is 1. The molecule has 1 saturated heterocycles. The normalized spacial score (nSPS) is 15.4. The van der Waals surface area contributed by atoms with Gasteiger partial charge in [0.15, 0.2) is 5.82 Å². The number of benzene rings is 2. The molecule has 0 aliphatic carbocycles. The predicted octanol–water partition coefficient (Wildman–Crippen LogP) is 3.41. The Hall–Kier alpha value is -3.68. The van der Waals surface area contributed by atoms with Crippen LogP contribution in [0.1, 0.15) is 48.1 Å². The molecule has 8 heteroatoms. The molecule has 3 aromatic rings. The first-order chi connectivity index (χ1) is 16.2. The summed E-state index contributed by atoms with van der Waals surface area (Å²) in [5, 5.41) is 9.98. The van der Waals surface area contributed by atoms with E-state index in [2.05, 4.69) is 20.8 Å². The van der Waals surface area contributed by atoms with E-state index in [0.29, 0.717) is 37.8 Å². The quantitative estimate of drug-likeness (QED) is 0.524. The molecule has 172 valence electrons. The summed E-state index contributed by atoms with van der Waals surface area (Å²) in [5.41, 5.74) is 2.24. The summed E-state index contributed by atoms with van der Waals surface area (Å²) in [6.45, 7) is 1.72. The Morgan fingerprint density at radius 1 is 0.970 bits per heavy atom. The van der Waals surface area contributed by atoms with Gasteiger partial charge in [-0.15, -0.1) is 0 Å². The first-order valence-electron chi connectivity index (χ1n) is 11.4. The number of amides is 3. The number of nitrogens with one attached hydrogen (secondary N) is 2. The summed E-state index contributed by atoms with van der Waals surface area (Å²) in [6.07, 6.45) is 3.10. The van der Waals surface area contributed by atoms with Crippen LogP contribution in [0.5, 0.6) is 0 Å². The molecule has 1 fully saturated rings. The van der Waals surface area contributed by atoms with E-state index in [1.165, 1.54) is 5.56 Å². The van der Waals surface area contributed by atoms with Crippen LogP contribution >= 0.6 is 0 Å². The minimum Gasteiger partial charge on any atom is -0.352 e. The standard InChI is InChI=1S/C25H29N5O3/c31-22(27-18-20-10-5-2-6-11-20)13-14-23-28-24(29-33-23)21-12-7-17-30(21)25(32)26-16-15-19-8-3-1-4-9-19/h1-6,8-11,21H,7,12-18H2,(H,26,32)(H,27,31). The van der Waals surface area contributed by atoms with Gasteiger partial charge in [-0.1, -0.05) is 65.8 Å². The third-order valence-corrected chi connectivity index (χ3v) is 5.73. The number of aryl methyl sites for hydroxylation is 1. The van der Waals surface area contributed by atoms with Crippen molar-refractivity contribution in [3.05, 3.63) is 83.5 Å². The average molecular weight is 448 g/mol. The molecule has 33 heavy (non-hydrogen) atoms. The van der Waals surface area contributed by atoms with Crippen LogP contribution < -0.4 is 10.6 Å². The fourth-order valence-corrected chi connectivity index (χ4v) is 3.95. The second-order valence-corrected chi connectivity index (χ2v) is 8.13. The summed E-state index contributed by atoms with van der Waals surface area (Å²) in [5.74, 6) is 0.848. The highest BCUT2D eigenvalue weighted by molar-refractivity contribution is 5.76. The van der Waals surface area contributed by atoms with Gasteiger partial charge < -0.3 is 20.1 Å². The number of carbonyl (C=O) groups is 2. The molecule has 0 radical (unpaired) electrons. The van der Waals surface area contributed by atoms with Gasteiger partial charge in [0, 0.05) is 32.5 Å². The van der Waals surface area contributed by atoms with Gasteiger partial charge in [0.1, 0.15) is 0 Å². The molecule has 0 bridgehead atoms. The minimum atomic E-state index is -0.203. The van der Waals surface area contributed by atoms with E-state index >= 15 is 0 Å². The highest BCUT2D eigenvalue weighted by Gasteiger charge is 2.33. The molecule has 4 rings (SSSR count). The molecule has 8 nitrogen and oxygen atoms in total. The van der Waals surface area contributed by atoms with Gasteiger partial charge in [-0.3, -0.25) is 4.79 Å². The molecule has 1 aliphatic heterocycles. The number of nitrogens with zero attached hydrogens (tertiary/aromatic N) is 3. The van der Waals surface area contributed by atoms with Crippen LogP contribution in [0, 0.1) is 0 Å². The number of aromatic nitrogens is 2. The largest absolute Gasteiger partial charge is 0.352 e. The van der Waals surface area contributed by atoms with Crippen molar-refractivity contribution in [1.82, 2.24) is 25.7 Å². The van der Waals surface area contributed by atoms with Crippen molar-refractivity contribution >= 4 is 11.9 Å². The Kier molecular flexibility index (Phi) is 7.68. The second-order valence-electron chi connectivity index (χ2n) is 8.13. The summed E-state index contributed by atoms with van der Waals surface area (Å²) in [6, 6.07) is 19.5. The Bertz CT molecular complexity index is 1040. The van der Waals surface area contributed by atoms with E-state index < -0.39 is 0 Å². The Morgan fingerprint density at radius 3 is 2.45 bits per heavy atom. The Morgan fingerprint density at radius 2 is 1.70 bits per heavy atom. The summed E-state index contributed by atoms with van der Waals surface area (Å²) in [7, 11) is 0. The number of urea groups is 1. The molecule has 2 aromatic carbocycles. The number of carbonyl (C=O) groups excluding carboxylic acids is 2. The lowest BCUT2D eigenvalue weighted by molar-refractivity contribution is -0.121. The van der Waals surface area contributed by atoms with Gasteiger partial charge in [-0.05, 0) is 30.4 Å². The van der Waals surface area contributed by atoms with Crippen LogP contribution in [-0.4, -0.2) is 40.1 Å². The summed E-state index contributed by atoms with van der Waals surface area (Å²) < 4.78 is 5.36. The molecule has 2 N–H and O–H groups in total. The van der Waals surface area contributed by atoms with Crippen molar-refractivity contribution in [3.8, 4) is 0 Å². The van der Waals surface area contributed by atoms with Crippen LogP contribution in [-0.2, 0) is 24.2 Å². The maximum atomic E-state index is 12.7. The van der Waals surface area contributed by atoms with Crippen molar-refractivity contribution in [3.63, 3.8) is 0 Å². The van der Waals surface area contributed by atoms with Crippen molar-refractivity contribution in [1.29, 1.82) is 0 Å². The predicted molar refractivity (Wildman–Crippen MR) is 123 cm³/mol. The second kappa shape index (κ2) is 11.3. The zero-order valence-electron chi connectivity index (χ0n) is 18.6. The van der Waals surface area contributed by atoms with Crippen LogP contribution in [0.3, 0.4) is 0 Å². The summed E-state index contributed by atoms with van der Waals surface area (Å²) in [4.78, 5) is 31.1. The molecular formula is C25H29N5O3. The highest BCUT2D eigenvalue weighted by Crippen LogP contribution is 2.30. The van der Waals surface area contributed by atoms with E-state index in [1.54, 1.807) is 4.90 Å². The lowest BCUT2D eigenvalue weighted by Gasteiger charge is -2.22. The van der Waals surface area contributed by atoms with E-state index in [-0.39, 0.29) is 24.4 Å². The molecule has 1 unspecified atom stereocenters. The lowest BCUT2D eigenvalue weighted by atomic mass is 10.1. The van der Waals surface area contributed by atoms with Crippen molar-refractivity contribution in [2.24, 2.45) is 0 Å². The number of hydrogen-bond donors (Lipinski definition) is 2. The third kappa shape index (κ3) is 6.41. The van der Waals surface area contributed by atoms with Gasteiger partial charge in [0.2, 0.25) is 11.8 Å². The van der Waals surface area contributed by atoms with Gasteiger partial charge in [-0.2, -0.15) is 4.98 Å². The maximum absolute atomic E-state index is 12.7. The van der Waals surface area contributed by atoms with Crippen LogP contribution in [0.2, 0.25) is 0 Å². The molecule has 2 heterocycles. The summed E-state index contributed by atoms with van der Waals surface area (Å²) >= 11 is 0. The highest BCUT2D eigenvalue weighted by atomic mass is 16.5. The van der Waals surface area contributed by atoms with Gasteiger partial charge in [0.05, 0.1) is 6.04 Å². The van der Waals surface area contributed by atoms with Crippen molar-refractivity contribution in [2.75, 3.05) is 13.1 Å². The zero-order valence-corrected chi connectivity index (χ0v) is 18.6. The van der Waals surface area contributed by atoms with E-state index in [9.17, 15) is 9.59 Å². The monoisotopic (exact) mass is 447 g/mol. The zero-order chi connectivity index (χ0) is 22.9. The first kappa shape index (κ1) is 22.5. The van der Waals surface area contributed by atoms with Crippen molar-refractivity contribution < 1.29 is 14.1 Å². The number of hydrogen-bond acceptors (Lipinski definition) is 5. The van der Waals surface area contributed by atoms with Gasteiger partial charge >= 0.3 is 6.03 Å². The fraction of sp³-hybridized carbons (Fsp3) is 0.360. The van der Waals surface area contributed by atoms with E-state index in [0.717, 1.165) is 24.8 Å². The van der Waals surface area contributed by atoms with Crippen LogP contribution in [0.25, 0.3) is 0 Å². The topological polar surface area (TPSA) is 100 Å². The fourth-order valence-electron chi connectivity index (χ4n) is 3.95. The maximum Gasteiger partial charge on any atom is 0.318 e. The van der Waals surface area contributed by atoms with Crippen molar-refractivity contribution in [2.45, 2.75) is 44.7 Å². The average Bonchev–Trinajstić information content (AvgIpc) is 3.52. The smallest absolute Gasteiger partial charge is 0.318 e. The van der Waals surface area contributed by atoms with Gasteiger partial charge in [0.25, 0.3) is 0 Å².